The maximum atomic E-state index is 12.3. The van der Waals surface area contributed by atoms with Gasteiger partial charge in [-0.05, 0) is 98.1 Å². The number of imidazole rings is 1. The summed E-state index contributed by atoms with van der Waals surface area (Å²) in [5, 5.41) is 14.6. The summed E-state index contributed by atoms with van der Waals surface area (Å²) in [5.41, 5.74) is 13.5. The van der Waals surface area contributed by atoms with Crippen LogP contribution >= 0.6 is 0 Å². The van der Waals surface area contributed by atoms with E-state index in [0.717, 1.165) is 83.3 Å². The van der Waals surface area contributed by atoms with Crippen molar-refractivity contribution in [2.45, 2.75) is 52.4 Å². The molecule has 2 heterocycles. The molecular weight excluding hydrogens is 707 g/mol. The number of para-hydroxylation sites is 1. The number of fused-ring (bicyclic) bond motifs is 2. The molecule has 0 amide bonds. The third-order valence-corrected chi connectivity index (χ3v) is 11.2. The number of phenols is 1. The Balaban J connectivity index is 1.35. The number of pyridine rings is 1. The standard InChI is InChI=1S/C54H47N3O/c1-53(2,3)42-33-45(51(58)46(34-42)54(4,5)6)52-56-50-44(24-16-26-49(50)57(52)48-25-15-22-37-21-13-14-23-43(37)48)40-29-39(36-19-11-8-12-20-36)30-41(31-40)47-32-38(27-28-55-47)35-17-9-7-10-18-35/h7-34,58H,1-6H3. The lowest BCUT2D eigenvalue weighted by Crippen LogP contribution is -2.17. The zero-order valence-electron chi connectivity index (χ0n) is 34.0. The van der Waals surface area contributed by atoms with E-state index in [0.29, 0.717) is 11.4 Å². The minimum Gasteiger partial charge on any atom is -0.507 e. The highest BCUT2D eigenvalue weighted by molar-refractivity contribution is 6.00. The van der Waals surface area contributed by atoms with Crippen LogP contribution in [0.25, 0.3) is 83.5 Å². The average molecular weight is 754 g/mol. The summed E-state index contributed by atoms with van der Waals surface area (Å²) in [4.78, 5) is 10.5. The van der Waals surface area contributed by atoms with E-state index >= 15 is 0 Å². The summed E-state index contributed by atoms with van der Waals surface area (Å²) in [6.07, 6.45) is 1.90. The van der Waals surface area contributed by atoms with Crippen LogP contribution in [0.2, 0.25) is 0 Å². The summed E-state index contributed by atoms with van der Waals surface area (Å²) >= 11 is 0. The Hall–Kier alpha value is -6.78. The number of benzene rings is 7. The molecule has 2 aromatic heterocycles. The lowest BCUT2D eigenvalue weighted by atomic mass is 9.79. The second kappa shape index (κ2) is 14.3. The number of hydrogen-bond donors (Lipinski definition) is 1. The predicted molar refractivity (Wildman–Crippen MR) is 243 cm³/mol. The third kappa shape index (κ3) is 6.75. The fourth-order valence-corrected chi connectivity index (χ4v) is 8.10. The molecule has 0 saturated heterocycles. The maximum absolute atomic E-state index is 12.3. The van der Waals surface area contributed by atoms with Gasteiger partial charge in [0.05, 0.1) is 28.0 Å². The molecular formula is C54H47N3O. The molecule has 0 bridgehead atoms. The van der Waals surface area contributed by atoms with Gasteiger partial charge in [0.15, 0.2) is 0 Å². The van der Waals surface area contributed by atoms with Crippen molar-refractivity contribution >= 4 is 21.8 Å². The van der Waals surface area contributed by atoms with Crippen LogP contribution in [0.5, 0.6) is 5.75 Å². The molecule has 0 unspecified atom stereocenters. The van der Waals surface area contributed by atoms with Crippen LogP contribution in [0.4, 0.5) is 0 Å². The summed E-state index contributed by atoms with van der Waals surface area (Å²) in [6, 6.07) is 57.6. The third-order valence-electron chi connectivity index (χ3n) is 11.2. The van der Waals surface area contributed by atoms with Gasteiger partial charge in [0, 0.05) is 28.3 Å². The average Bonchev–Trinajstić information content (AvgIpc) is 3.62. The van der Waals surface area contributed by atoms with Gasteiger partial charge in [-0.25, -0.2) is 4.98 Å². The van der Waals surface area contributed by atoms with Crippen molar-refractivity contribution < 1.29 is 5.11 Å². The van der Waals surface area contributed by atoms with Gasteiger partial charge in [0.2, 0.25) is 0 Å². The van der Waals surface area contributed by atoms with E-state index in [-0.39, 0.29) is 16.6 Å². The largest absolute Gasteiger partial charge is 0.507 e. The first kappa shape index (κ1) is 36.8. The first-order valence-electron chi connectivity index (χ1n) is 20.0. The van der Waals surface area contributed by atoms with Crippen LogP contribution in [0, 0.1) is 0 Å². The van der Waals surface area contributed by atoms with Crippen LogP contribution in [0.1, 0.15) is 52.7 Å². The van der Waals surface area contributed by atoms with Gasteiger partial charge in [-0.2, -0.15) is 0 Å². The smallest absolute Gasteiger partial charge is 0.149 e. The number of nitrogens with zero attached hydrogens (tertiary/aromatic N) is 3. The molecule has 0 fully saturated rings. The Kier molecular flexibility index (Phi) is 9.09. The Morgan fingerprint density at radius 2 is 1.14 bits per heavy atom. The molecule has 58 heavy (non-hydrogen) atoms. The highest BCUT2D eigenvalue weighted by Crippen LogP contribution is 2.45. The fourth-order valence-electron chi connectivity index (χ4n) is 8.10. The van der Waals surface area contributed by atoms with E-state index < -0.39 is 0 Å². The van der Waals surface area contributed by atoms with Crippen molar-refractivity contribution in [1.82, 2.24) is 14.5 Å². The molecule has 0 atom stereocenters. The van der Waals surface area contributed by atoms with Crippen LogP contribution < -0.4 is 0 Å². The second-order valence-electron chi connectivity index (χ2n) is 17.3. The SMILES string of the molecule is CC(C)(C)c1cc(-c2nc3c(-c4cc(-c5ccccc5)cc(-c5cc(-c6ccccc6)ccn5)c4)cccc3n2-c2cccc3ccccc23)c(O)c(C(C)(C)C)c1. The van der Waals surface area contributed by atoms with Gasteiger partial charge in [-0.15, -0.1) is 0 Å². The zero-order chi connectivity index (χ0) is 40.2. The molecule has 0 aliphatic heterocycles. The van der Waals surface area contributed by atoms with Crippen LogP contribution in [-0.4, -0.2) is 19.6 Å². The van der Waals surface area contributed by atoms with Gasteiger partial charge >= 0.3 is 0 Å². The van der Waals surface area contributed by atoms with Crippen molar-refractivity contribution in [2.24, 2.45) is 0 Å². The maximum Gasteiger partial charge on any atom is 0.149 e. The molecule has 0 saturated carbocycles. The first-order chi connectivity index (χ1) is 27.9. The minimum atomic E-state index is -0.304. The van der Waals surface area contributed by atoms with Crippen molar-refractivity contribution in [1.29, 1.82) is 0 Å². The molecule has 0 aliphatic carbocycles. The molecule has 4 heteroatoms. The fraction of sp³-hybridized carbons (Fsp3) is 0.148. The van der Waals surface area contributed by atoms with Crippen molar-refractivity contribution in [3.63, 3.8) is 0 Å². The highest BCUT2D eigenvalue weighted by atomic mass is 16.3. The van der Waals surface area contributed by atoms with Crippen LogP contribution in [0.3, 0.4) is 0 Å². The van der Waals surface area contributed by atoms with E-state index in [4.69, 9.17) is 9.97 Å². The van der Waals surface area contributed by atoms with E-state index in [2.05, 4.69) is 204 Å². The summed E-state index contributed by atoms with van der Waals surface area (Å²) in [7, 11) is 0. The number of aromatic hydroxyl groups is 1. The Morgan fingerprint density at radius 3 is 1.86 bits per heavy atom. The lowest BCUT2D eigenvalue weighted by molar-refractivity contribution is 0.446. The molecule has 284 valence electrons. The van der Waals surface area contributed by atoms with E-state index in [9.17, 15) is 5.11 Å². The number of rotatable bonds is 6. The summed E-state index contributed by atoms with van der Waals surface area (Å²) in [5.74, 6) is 0.959. The molecule has 7 aromatic carbocycles. The van der Waals surface area contributed by atoms with Crippen molar-refractivity contribution in [3.05, 3.63) is 181 Å². The molecule has 0 aliphatic rings. The van der Waals surface area contributed by atoms with Gasteiger partial charge < -0.3 is 5.11 Å². The Morgan fingerprint density at radius 1 is 0.500 bits per heavy atom. The molecule has 9 rings (SSSR count). The highest BCUT2D eigenvalue weighted by Gasteiger charge is 2.29. The quantitative estimate of drug-likeness (QED) is 0.184. The van der Waals surface area contributed by atoms with Gasteiger partial charge in [0.25, 0.3) is 0 Å². The summed E-state index contributed by atoms with van der Waals surface area (Å²) in [6.45, 7) is 13.2. The van der Waals surface area contributed by atoms with Gasteiger partial charge in [-0.1, -0.05) is 157 Å². The predicted octanol–water partition coefficient (Wildman–Crippen LogP) is 14.2. The normalized spacial score (nSPS) is 12.0. The van der Waals surface area contributed by atoms with Gasteiger partial charge in [-0.3, -0.25) is 9.55 Å². The Labute approximate surface area is 341 Å². The van der Waals surface area contributed by atoms with Crippen LogP contribution in [-0.2, 0) is 10.8 Å². The van der Waals surface area contributed by atoms with Crippen molar-refractivity contribution in [2.75, 3.05) is 0 Å². The number of hydrogen-bond acceptors (Lipinski definition) is 3. The van der Waals surface area contributed by atoms with Crippen LogP contribution in [0.15, 0.2) is 170 Å². The topological polar surface area (TPSA) is 50.9 Å². The second-order valence-corrected chi connectivity index (χ2v) is 17.3. The van der Waals surface area contributed by atoms with E-state index in [1.165, 1.54) is 0 Å². The number of aromatic nitrogens is 3. The molecule has 1 N–H and O–H groups in total. The van der Waals surface area contributed by atoms with E-state index in [1.807, 2.05) is 12.3 Å². The minimum absolute atomic E-state index is 0.163. The zero-order valence-corrected chi connectivity index (χ0v) is 34.0. The summed E-state index contributed by atoms with van der Waals surface area (Å²) < 4.78 is 2.25. The lowest BCUT2D eigenvalue weighted by Gasteiger charge is -2.27. The molecule has 0 radical (unpaired) electrons. The molecule has 9 aromatic rings. The molecule has 4 nitrogen and oxygen atoms in total. The Bertz CT molecular complexity index is 2960. The monoisotopic (exact) mass is 753 g/mol. The first-order valence-corrected chi connectivity index (χ1v) is 20.0. The van der Waals surface area contributed by atoms with Gasteiger partial charge in [0.1, 0.15) is 11.6 Å². The van der Waals surface area contributed by atoms with E-state index in [1.54, 1.807) is 0 Å². The molecule has 0 spiro atoms. The number of phenolic OH excluding ortho intramolecular Hbond substituents is 1. The van der Waals surface area contributed by atoms with Crippen molar-refractivity contribution in [3.8, 4) is 67.5 Å².